The first-order valence-electron chi connectivity index (χ1n) is 6.15. The predicted molar refractivity (Wildman–Crippen MR) is 78.9 cm³/mol. The monoisotopic (exact) mass is 345 g/mol. The average molecular weight is 346 g/mol. The molecule has 19 heavy (non-hydrogen) atoms. The highest BCUT2D eigenvalue weighted by atomic mass is 79.9. The minimum atomic E-state index is -3.05. The quantitative estimate of drug-likeness (QED) is 0.895. The van der Waals surface area contributed by atoms with Crippen LogP contribution < -0.4 is 5.32 Å². The molecule has 0 spiro atoms. The van der Waals surface area contributed by atoms with Crippen molar-refractivity contribution in [2.75, 3.05) is 16.8 Å². The van der Waals surface area contributed by atoms with Crippen LogP contribution >= 0.6 is 15.9 Å². The third kappa shape index (κ3) is 3.79. The van der Waals surface area contributed by atoms with Gasteiger partial charge in [0.15, 0.2) is 9.84 Å². The van der Waals surface area contributed by atoms with E-state index in [0.717, 1.165) is 15.7 Å². The Labute approximate surface area is 121 Å². The van der Waals surface area contributed by atoms with Gasteiger partial charge in [-0.3, -0.25) is 4.79 Å². The number of aryl methyl sites for hydroxylation is 1. The molecule has 0 aromatic heterocycles. The smallest absolute Gasteiger partial charge is 0.228 e. The highest BCUT2D eigenvalue weighted by Gasteiger charge is 2.29. The van der Waals surface area contributed by atoms with Gasteiger partial charge in [0.2, 0.25) is 5.91 Å². The number of rotatable bonds is 2. The number of anilines is 1. The van der Waals surface area contributed by atoms with Gasteiger partial charge in [0, 0.05) is 10.2 Å². The third-order valence-electron chi connectivity index (χ3n) is 3.28. The van der Waals surface area contributed by atoms with Gasteiger partial charge in [0.05, 0.1) is 17.4 Å². The maximum Gasteiger partial charge on any atom is 0.228 e. The Balaban J connectivity index is 2.08. The lowest BCUT2D eigenvalue weighted by molar-refractivity contribution is -0.119. The van der Waals surface area contributed by atoms with E-state index in [1.54, 1.807) is 0 Å². The zero-order chi connectivity index (χ0) is 14.0. The van der Waals surface area contributed by atoms with Crippen molar-refractivity contribution in [1.82, 2.24) is 0 Å². The summed E-state index contributed by atoms with van der Waals surface area (Å²) in [6, 6.07) is 5.57. The zero-order valence-electron chi connectivity index (χ0n) is 10.6. The Hall–Kier alpha value is -0.880. The van der Waals surface area contributed by atoms with Crippen molar-refractivity contribution in [3.63, 3.8) is 0 Å². The summed E-state index contributed by atoms with van der Waals surface area (Å²) in [4.78, 5) is 12.1. The second-order valence-electron chi connectivity index (χ2n) is 4.90. The van der Waals surface area contributed by atoms with Gasteiger partial charge in [0.25, 0.3) is 0 Å². The van der Waals surface area contributed by atoms with E-state index in [0.29, 0.717) is 12.8 Å². The largest absolute Gasteiger partial charge is 0.326 e. The van der Waals surface area contributed by atoms with Crippen molar-refractivity contribution in [2.24, 2.45) is 5.92 Å². The number of carbonyl (C=O) groups is 1. The van der Waals surface area contributed by atoms with Crippen molar-refractivity contribution < 1.29 is 13.2 Å². The molecule has 4 nitrogen and oxygen atoms in total. The highest BCUT2D eigenvalue weighted by molar-refractivity contribution is 9.10. The van der Waals surface area contributed by atoms with Crippen molar-refractivity contribution in [3.8, 4) is 0 Å². The number of halogens is 1. The van der Waals surface area contributed by atoms with Gasteiger partial charge in [0.1, 0.15) is 0 Å². The molecular weight excluding hydrogens is 330 g/mol. The van der Waals surface area contributed by atoms with Crippen LogP contribution in [0.3, 0.4) is 0 Å². The number of benzene rings is 1. The second kappa shape index (κ2) is 5.63. The van der Waals surface area contributed by atoms with E-state index in [4.69, 9.17) is 0 Å². The van der Waals surface area contributed by atoms with E-state index < -0.39 is 15.8 Å². The first kappa shape index (κ1) is 14.5. The third-order valence-corrected chi connectivity index (χ3v) is 5.59. The number of carbonyl (C=O) groups excluding carboxylic acids is 1. The Kier molecular flexibility index (Phi) is 4.30. The summed E-state index contributed by atoms with van der Waals surface area (Å²) < 4.78 is 24.0. The van der Waals surface area contributed by atoms with E-state index in [-0.39, 0.29) is 17.4 Å². The number of hydrogen-bond donors (Lipinski definition) is 1. The minimum Gasteiger partial charge on any atom is -0.326 e. The Morgan fingerprint density at radius 1 is 1.42 bits per heavy atom. The average Bonchev–Trinajstić information content (AvgIpc) is 2.31. The van der Waals surface area contributed by atoms with Gasteiger partial charge < -0.3 is 5.32 Å². The number of hydrogen-bond acceptors (Lipinski definition) is 3. The van der Waals surface area contributed by atoms with Crippen LogP contribution in [0.2, 0.25) is 0 Å². The molecule has 0 saturated carbocycles. The lowest BCUT2D eigenvalue weighted by atomic mass is 10.0. The highest BCUT2D eigenvalue weighted by Crippen LogP contribution is 2.23. The van der Waals surface area contributed by atoms with Crippen molar-refractivity contribution >= 4 is 37.4 Å². The van der Waals surface area contributed by atoms with E-state index >= 15 is 0 Å². The second-order valence-corrected chi connectivity index (χ2v) is 8.05. The van der Waals surface area contributed by atoms with Crippen LogP contribution in [0.15, 0.2) is 22.7 Å². The molecule has 1 N–H and O–H groups in total. The summed E-state index contributed by atoms with van der Waals surface area (Å²) in [7, 11) is -3.05. The first-order valence-corrected chi connectivity index (χ1v) is 8.76. The molecule has 1 aromatic carbocycles. The van der Waals surface area contributed by atoms with Gasteiger partial charge in [-0.05, 0) is 43.5 Å². The number of sulfone groups is 1. The molecule has 6 heteroatoms. The summed E-state index contributed by atoms with van der Waals surface area (Å²) in [5.41, 5.74) is 1.68. The van der Waals surface area contributed by atoms with E-state index in [9.17, 15) is 13.2 Å². The lowest BCUT2D eigenvalue weighted by Crippen LogP contribution is -2.34. The number of nitrogens with one attached hydrogen (secondary N) is 1. The summed E-state index contributed by atoms with van der Waals surface area (Å²) in [6.07, 6.45) is 1.21. The van der Waals surface area contributed by atoms with Crippen LogP contribution in [0.25, 0.3) is 0 Å². The van der Waals surface area contributed by atoms with Crippen LogP contribution in [0.5, 0.6) is 0 Å². The summed E-state index contributed by atoms with van der Waals surface area (Å²) in [6.45, 7) is 1.90. The molecule has 1 unspecified atom stereocenters. The molecule has 2 rings (SSSR count). The standard InChI is InChI=1S/C13H16BrNO3S/c1-9-7-11(14)4-5-12(9)15-13(16)10-3-2-6-19(17,18)8-10/h4-5,7,10H,2-3,6,8H2,1H3,(H,15,16). The van der Waals surface area contributed by atoms with Crippen LogP contribution in [0.1, 0.15) is 18.4 Å². The van der Waals surface area contributed by atoms with E-state index in [2.05, 4.69) is 21.2 Å². The zero-order valence-corrected chi connectivity index (χ0v) is 13.1. The first-order chi connectivity index (χ1) is 8.87. The van der Waals surface area contributed by atoms with Gasteiger partial charge in [-0.15, -0.1) is 0 Å². The Morgan fingerprint density at radius 2 is 2.16 bits per heavy atom. The lowest BCUT2D eigenvalue weighted by Gasteiger charge is -2.21. The number of amides is 1. The summed E-state index contributed by atoms with van der Waals surface area (Å²) in [5, 5.41) is 2.82. The molecule has 0 bridgehead atoms. The summed E-state index contributed by atoms with van der Waals surface area (Å²) >= 11 is 3.36. The molecule has 0 radical (unpaired) electrons. The maximum absolute atomic E-state index is 12.1. The van der Waals surface area contributed by atoms with Crippen LogP contribution in [0.4, 0.5) is 5.69 Å². The topological polar surface area (TPSA) is 63.2 Å². The van der Waals surface area contributed by atoms with Crippen molar-refractivity contribution in [3.05, 3.63) is 28.2 Å². The van der Waals surface area contributed by atoms with Crippen molar-refractivity contribution in [1.29, 1.82) is 0 Å². The van der Waals surface area contributed by atoms with Gasteiger partial charge in [-0.2, -0.15) is 0 Å². The maximum atomic E-state index is 12.1. The van der Waals surface area contributed by atoms with Gasteiger partial charge >= 0.3 is 0 Å². The van der Waals surface area contributed by atoms with Crippen LogP contribution in [-0.4, -0.2) is 25.8 Å². The minimum absolute atomic E-state index is 0.0333. The Bertz CT molecular complexity index is 598. The molecule has 1 atom stereocenters. The van der Waals surface area contributed by atoms with E-state index in [1.807, 2.05) is 25.1 Å². The van der Waals surface area contributed by atoms with Crippen molar-refractivity contribution in [2.45, 2.75) is 19.8 Å². The molecular formula is C13H16BrNO3S. The van der Waals surface area contributed by atoms with E-state index in [1.165, 1.54) is 0 Å². The Morgan fingerprint density at radius 3 is 2.79 bits per heavy atom. The SMILES string of the molecule is Cc1cc(Br)ccc1NC(=O)C1CCCS(=O)(=O)C1. The molecule has 1 fully saturated rings. The molecule has 1 saturated heterocycles. The fourth-order valence-corrected chi connectivity index (χ4v) is 4.41. The molecule has 0 aliphatic carbocycles. The van der Waals surface area contributed by atoms with Gasteiger partial charge in [-0.25, -0.2) is 8.42 Å². The predicted octanol–water partition coefficient (Wildman–Crippen LogP) is 2.52. The molecule has 1 aliphatic rings. The summed E-state index contributed by atoms with van der Waals surface area (Å²) in [5.74, 6) is -0.460. The van der Waals surface area contributed by atoms with Crippen LogP contribution in [0, 0.1) is 12.8 Å². The molecule has 1 aliphatic heterocycles. The molecule has 1 aromatic rings. The molecule has 104 valence electrons. The molecule has 1 heterocycles. The van der Waals surface area contributed by atoms with Gasteiger partial charge in [-0.1, -0.05) is 15.9 Å². The fourth-order valence-electron chi connectivity index (χ4n) is 2.23. The van der Waals surface area contributed by atoms with Crippen LogP contribution in [-0.2, 0) is 14.6 Å². The molecule has 1 amide bonds. The fraction of sp³-hybridized carbons (Fsp3) is 0.462. The normalized spacial score (nSPS) is 21.9.